The van der Waals surface area contributed by atoms with Crippen molar-refractivity contribution in [3.05, 3.63) is 24.2 Å². The molecular formula is C11H16N2O2. The van der Waals surface area contributed by atoms with Crippen LogP contribution in [-0.4, -0.2) is 11.6 Å². The number of hydrazone groups is 1. The minimum atomic E-state index is -0.309. The molecule has 15 heavy (non-hydrogen) atoms. The summed E-state index contributed by atoms with van der Waals surface area (Å²) < 4.78 is 4.93. The highest BCUT2D eigenvalue weighted by Gasteiger charge is 2.06. The van der Waals surface area contributed by atoms with Crippen LogP contribution in [0.1, 0.15) is 43.7 Å². The third kappa shape index (κ3) is 3.97. The van der Waals surface area contributed by atoms with Crippen LogP contribution in [0.3, 0.4) is 0 Å². The molecule has 0 radical (unpaired) electrons. The molecule has 1 rings (SSSR count). The van der Waals surface area contributed by atoms with Gasteiger partial charge in [-0.2, -0.15) is 5.10 Å². The van der Waals surface area contributed by atoms with E-state index in [0.717, 1.165) is 25.0 Å². The van der Waals surface area contributed by atoms with Crippen LogP contribution in [0.15, 0.2) is 27.9 Å². The maximum absolute atomic E-state index is 11.4. The molecule has 1 aromatic heterocycles. The van der Waals surface area contributed by atoms with Gasteiger partial charge < -0.3 is 4.42 Å². The zero-order chi connectivity index (χ0) is 11.1. The molecule has 0 aliphatic rings. The van der Waals surface area contributed by atoms with E-state index in [1.807, 2.05) is 6.92 Å². The number of hydrogen-bond acceptors (Lipinski definition) is 3. The first kappa shape index (κ1) is 11.5. The molecule has 1 N–H and O–H groups in total. The minimum Gasteiger partial charge on any atom is -0.459 e. The van der Waals surface area contributed by atoms with Crippen molar-refractivity contribution in [3.8, 4) is 0 Å². The van der Waals surface area contributed by atoms with Gasteiger partial charge in [-0.1, -0.05) is 13.3 Å². The zero-order valence-corrected chi connectivity index (χ0v) is 9.12. The maximum Gasteiger partial charge on any atom is 0.307 e. The molecule has 0 unspecified atom stereocenters. The van der Waals surface area contributed by atoms with E-state index in [0.29, 0.717) is 0 Å². The van der Waals surface area contributed by atoms with E-state index in [-0.39, 0.29) is 11.7 Å². The van der Waals surface area contributed by atoms with Crippen LogP contribution < -0.4 is 5.43 Å². The van der Waals surface area contributed by atoms with Crippen molar-refractivity contribution >= 4 is 11.6 Å². The number of unbranched alkanes of at least 4 members (excludes halogenated alkanes) is 1. The second-order valence-electron chi connectivity index (χ2n) is 3.37. The molecule has 0 bridgehead atoms. The summed E-state index contributed by atoms with van der Waals surface area (Å²) in [5, 5.41) is 3.97. The van der Waals surface area contributed by atoms with E-state index >= 15 is 0 Å². The molecule has 1 aromatic rings. The average molecular weight is 208 g/mol. The molecule has 4 heteroatoms. The van der Waals surface area contributed by atoms with E-state index in [1.54, 1.807) is 12.1 Å². The lowest BCUT2D eigenvalue weighted by molar-refractivity contribution is 0.0927. The monoisotopic (exact) mass is 208 g/mol. The summed E-state index contributed by atoms with van der Waals surface area (Å²) in [6, 6.07) is 3.27. The quantitative estimate of drug-likeness (QED) is 0.597. The minimum absolute atomic E-state index is 0.280. The van der Waals surface area contributed by atoms with Crippen LogP contribution in [0.25, 0.3) is 0 Å². The summed E-state index contributed by atoms with van der Waals surface area (Å²) in [5.74, 6) is -0.0297. The highest BCUT2D eigenvalue weighted by atomic mass is 16.3. The maximum atomic E-state index is 11.4. The van der Waals surface area contributed by atoms with Crippen molar-refractivity contribution < 1.29 is 9.21 Å². The number of hydrogen-bond donors (Lipinski definition) is 1. The zero-order valence-electron chi connectivity index (χ0n) is 9.12. The first-order valence-corrected chi connectivity index (χ1v) is 5.11. The lowest BCUT2D eigenvalue weighted by atomic mass is 10.2. The van der Waals surface area contributed by atoms with Gasteiger partial charge in [0.1, 0.15) is 0 Å². The Morgan fingerprint density at radius 3 is 3.00 bits per heavy atom. The van der Waals surface area contributed by atoms with Crippen LogP contribution in [-0.2, 0) is 0 Å². The standard InChI is InChI=1S/C11H16N2O2/c1-3-4-6-9(2)12-13-11(14)10-7-5-8-15-10/h5,7-8H,3-4,6H2,1-2H3,(H,13,14)/b12-9-. The van der Waals surface area contributed by atoms with Crippen LogP contribution in [0.2, 0.25) is 0 Å². The molecule has 0 aliphatic carbocycles. The molecule has 4 nitrogen and oxygen atoms in total. The third-order valence-electron chi connectivity index (χ3n) is 1.99. The van der Waals surface area contributed by atoms with Gasteiger partial charge in [0.15, 0.2) is 5.76 Å². The molecule has 1 amide bonds. The Morgan fingerprint density at radius 1 is 1.60 bits per heavy atom. The Hall–Kier alpha value is -1.58. The molecule has 82 valence electrons. The van der Waals surface area contributed by atoms with Crippen LogP contribution in [0.5, 0.6) is 0 Å². The number of carbonyl (C=O) groups is 1. The van der Waals surface area contributed by atoms with Gasteiger partial charge in [-0.25, -0.2) is 5.43 Å². The molecule has 0 saturated carbocycles. The molecule has 0 aromatic carbocycles. The second kappa shape index (κ2) is 6.01. The number of amides is 1. The Labute approximate surface area is 89.4 Å². The predicted octanol–water partition coefficient (Wildman–Crippen LogP) is 2.58. The van der Waals surface area contributed by atoms with Crippen molar-refractivity contribution in [2.24, 2.45) is 5.10 Å². The van der Waals surface area contributed by atoms with Gasteiger partial charge >= 0.3 is 5.91 Å². The average Bonchev–Trinajstić information content (AvgIpc) is 2.76. The fourth-order valence-electron chi connectivity index (χ4n) is 1.10. The first-order valence-electron chi connectivity index (χ1n) is 5.11. The van der Waals surface area contributed by atoms with E-state index < -0.39 is 0 Å². The van der Waals surface area contributed by atoms with Gasteiger partial charge in [0.25, 0.3) is 0 Å². The molecular weight excluding hydrogens is 192 g/mol. The molecule has 1 heterocycles. The lowest BCUT2D eigenvalue weighted by Crippen LogP contribution is -2.18. The fraction of sp³-hybridized carbons (Fsp3) is 0.455. The molecule has 0 atom stereocenters. The van der Waals surface area contributed by atoms with Crippen molar-refractivity contribution in [1.82, 2.24) is 5.43 Å². The van der Waals surface area contributed by atoms with Crippen LogP contribution in [0.4, 0.5) is 0 Å². The van der Waals surface area contributed by atoms with Gasteiger partial charge in [0.05, 0.1) is 6.26 Å². The van der Waals surface area contributed by atoms with E-state index in [9.17, 15) is 4.79 Å². The summed E-state index contributed by atoms with van der Waals surface area (Å²) in [6.07, 6.45) is 4.59. The smallest absolute Gasteiger partial charge is 0.307 e. The third-order valence-corrected chi connectivity index (χ3v) is 1.99. The highest BCUT2D eigenvalue weighted by molar-refractivity contribution is 5.92. The van der Waals surface area contributed by atoms with Gasteiger partial charge in [0.2, 0.25) is 0 Å². The van der Waals surface area contributed by atoms with E-state index in [2.05, 4.69) is 17.5 Å². The summed E-state index contributed by atoms with van der Waals surface area (Å²) >= 11 is 0. The fourth-order valence-corrected chi connectivity index (χ4v) is 1.10. The number of nitrogens with zero attached hydrogens (tertiary/aromatic N) is 1. The van der Waals surface area contributed by atoms with Crippen LogP contribution >= 0.6 is 0 Å². The largest absolute Gasteiger partial charge is 0.459 e. The summed E-state index contributed by atoms with van der Waals surface area (Å²) in [4.78, 5) is 11.4. The van der Waals surface area contributed by atoms with E-state index in [1.165, 1.54) is 6.26 Å². The van der Waals surface area contributed by atoms with Gasteiger partial charge in [-0.15, -0.1) is 0 Å². The lowest BCUT2D eigenvalue weighted by Gasteiger charge is -1.99. The van der Waals surface area contributed by atoms with Crippen molar-refractivity contribution in [3.63, 3.8) is 0 Å². The van der Waals surface area contributed by atoms with Crippen molar-refractivity contribution in [2.45, 2.75) is 33.1 Å². The number of nitrogens with one attached hydrogen (secondary N) is 1. The van der Waals surface area contributed by atoms with Gasteiger partial charge in [-0.3, -0.25) is 4.79 Å². The van der Waals surface area contributed by atoms with Gasteiger partial charge in [0, 0.05) is 5.71 Å². The van der Waals surface area contributed by atoms with Gasteiger partial charge in [-0.05, 0) is 31.9 Å². The summed E-state index contributed by atoms with van der Waals surface area (Å²) in [7, 11) is 0. The summed E-state index contributed by atoms with van der Waals surface area (Å²) in [5.41, 5.74) is 3.38. The molecule has 0 fully saturated rings. The highest BCUT2D eigenvalue weighted by Crippen LogP contribution is 2.00. The number of rotatable bonds is 5. The van der Waals surface area contributed by atoms with Crippen LogP contribution in [0, 0.1) is 0 Å². The number of carbonyl (C=O) groups excluding carboxylic acids is 1. The SMILES string of the molecule is CCCC/C(C)=N\NC(=O)c1ccco1. The molecule has 0 spiro atoms. The Balaban J connectivity index is 2.39. The normalized spacial score (nSPS) is 11.5. The number of furan rings is 1. The van der Waals surface area contributed by atoms with E-state index in [4.69, 9.17) is 4.42 Å². The Kier molecular flexibility index (Phi) is 4.60. The predicted molar refractivity (Wildman–Crippen MR) is 58.8 cm³/mol. The van der Waals surface area contributed by atoms with Crippen molar-refractivity contribution in [2.75, 3.05) is 0 Å². The summed E-state index contributed by atoms with van der Waals surface area (Å²) in [6.45, 7) is 4.02. The topological polar surface area (TPSA) is 54.6 Å². The second-order valence-corrected chi connectivity index (χ2v) is 3.37. The molecule has 0 aliphatic heterocycles. The Morgan fingerprint density at radius 2 is 2.40 bits per heavy atom. The molecule has 0 saturated heterocycles. The Bertz CT molecular complexity index is 328. The first-order chi connectivity index (χ1) is 7.24. The van der Waals surface area contributed by atoms with Crippen molar-refractivity contribution in [1.29, 1.82) is 0 Å².